The largest absolute Gasteiger partial charge is 0.489 e. The van der Waals surface area contributed by atoms with Crippen LogP contribution in [0.4, 0.5) is 4.79 Å². The first kappa shape index (κ1) is 16.3. The number of aromatic nitrogens is 1. The van der Waals surface area contributed by atoms with Gasteiger partial charge in [-0.05, 0) is 48.9 Å². The van der Waals surface area contributed by atoms with Crippen LogP contribution in [0.15, 0.2) is 48.8 Å². The quantitative estimate of drug-likeness (QED) is 0.824. The lowest BCUT2D eigenvalue weighted by molar-refractivity contribution is 0.0912. The zero-order valence-electron chi connectivity index (χ0n) is 12.6. The second kappa shape index (κ2) is 8.38. The minimum Gasteiger partial charge on any atom is -0.489 e. The number of rotatable bonds is 5. The first-order chi connectivity index (χ1) is 11.2. The van der Waals surface area contributed by atoms with Crippen molar-refractivity contribution in [1.29, 1.82) is 0 Å². The normalized spacial score (nSPS) is 9.78. The maximum absolute atomic E-state index is 11.8. The fraction of sp³-hybridized carbons (Fsp3) is 0.188. The minimum atomic E-state index is -0.710. The predicted molar refractivity (Wildman–Crippen MR) is 82.6 cm³/mol. The Labute approximate surface area is 133 Å². The molecule has 1 aromatic carbocycles. The first-order valence-corrected chi connectivity index (χ1v) is 7.04. The summed E-state index contributed by atoms with van der Waals surface area (Å²) in [4.78, 5) is 26.8. The summed E-state index contributed by atoms with van der Waals surface area (Å²) in [6, 6.07) is 10.3. The molecule has 2 aromatic rings. The van der Waals surface area contributed by atoms with E-state index in [0.29, 0.717) is 17.9 Å². The Balaban J connectivity index is 1.84. The summed E-state index contributed by atoms with van der Waals surface area (Å²) in [7, 11) is 0. The number of ether oxygens (including phenoxy) is 2. The molecule has 23 heavy (non-hydrogen) atoms. The summed E-state index contributed by atoms with van der Waals surface area (Å²) < 4.78 is 10.2. The number of pyridine rings is 1. The molecule has 7 heteroatoms. The van der Waals surface area contributed by atoms with Gasteiger partial charge in [0.05, 0.1) is 6.61 Å². The Bertz CT molecular complexity index is 644. The van der Waals surface area contributed by atoms with E-state index in [1.54, 1.807) is 43.6 Å². The first-order valence-electron chi connectivity index (χ1n) is 7.04. The standard InChI is InChI=1S/C16H17N3O4/c1-2-22-16(21)19-18-15(20)13-3-5-14(6-4-13)23-11-12-7-9-17-10-8-12/h3-10H,2,11H2,1H3,(H,18,20)(H,19,21). The highest BCUT2D eigenvalue weighted by molar-refractivity contribution is 5.95. The smallest absolute Gasteiger partial charge is 0.426 e. The molecular formula is C16H17N3O4. The highest BCUT2D eigenvalue weighted by atomic mass is 16.6. The predicted octanol–water partition coefficient (Wildman–Crippen LogP) is 2.05. The van der Waals surface area contributed by atoms with Crippen molar-refractivity contribution in [2.24, 2.45) is 0 Å². The summed E-state index contributed by atoms with van der Waals surface area (Å²) in [5, 5.41) is 0. The monoisotopic (exact) mass is 315 g/mol. The molecule has 7 nitrogen and oxygen atoms in total. The van der Waals surface area contributed by atoms with Crippen LogP contribution in [0.5, 0.6) is 5.75 Å². The van der Waals surface area contributed by atoms with Crippen molar-refractivity contribution in [3.8, 4) is 5.75 Å². The van der Waals surface area contributed by atoms with Gasteiger partial charge in [-0.25, -0.2) is 10.2 Å². The van der Waals surface area contributed by atoms with Crippen LogP contribution in [0.2, 0.25) is 0 Å². The van der Waals surface area contributed by atoms with Crippen LogP contribution in [0, 0.1) is 0 Å². The molecule has 2 rings (SSSR count). The lowest BCUT2D eigenvalue weighted by atomic mass is 10.2. The van der Waals surface area contributed by atoms with Gasteiger partial charge in [-0.3, -0.25) is 15.2 Å². The molecular weight excluding hydrogens is 298 g/mol. The van der Waals surface area contributed by atoms with Crippen molar-refractivity contribution in [3.05, 3.63) is 59.9 Å². The molecule has 2 N–H and O–H groups in total. The van der Waals surface area contributed by atoms with E-state index in [4.69, 9.17) is 4.74 Å². The summed E-state index contributed by atoms with van der Waals surface area (Å²) in [5.41, 5.74) is 5.78. The molecule has 1 heterocycles. The molecule has 0 aliphatic carbocycles. The second-order valence-electron chi connectivity index (χ2n) is 4.47. The highest BCUT2D eigenvalue weighted by Crippen LogP contribution is 2.14. The molecule has 120 valence electrons. The van der Waals surface area contributed by atoms with Gasteiger partial charge in [0, 0.05) is 18.0 Å². The summed E-state index contributed by atoms with van der Waals surface area (Å²) in [6.07, 6.45) is 2.68. The van der Waals surface area contributed by atoms with Gasteiger partial charge < -0.3 is 9.47 Å². The van der Waals surface area contributed by atoms with Crippen molar-refractivity contribution in [3.63, 3.8) is 0 Å². The van der Waals surface area contributed by atoms with Crippen molar-refractivity contribution in [2.45, 2.75) is 13.5 Å². The molecule has 0 radical (unpaired) electrons. The molecule has 0 aliphatic heterocycles. The van der Waals surface area contributed by atoms with Crippen LogP contribution in [-0.4, -0.2) is 23.6 Å². The Hall–Kier alpha value is -3.09. The number of nitrogens with one attached hydrogen (secondary N) is 2. The summed E-state index contributed by atoms with van der Waals surface area (Å²) in [5.74, 6) is 0.190. The van der Waals surface area contributed by atoms with Crippen LogP contribution in [0.1, 0.15) is 22.8 Å². The van der Waals surface area contributed by atoms with Crippen molar-refractivity contribution >= 4 is 12.0 Å². The van der Waals surface area contributed by atoms with Gasteiger partial charge in [-0.1, -0.05) is 0 Å². The van der Waals surface area contributed by atoms with Gasteiger partial charge in [-0.15, -0.1) is 0 Å². The van der Waals surface area contributed by atoms with Crippen molar-refractivity contribution in [1.82, 2.24) is 15.8 Å². The molecule has 0 bridgehead atoms. The topological polar surface area (TPSA) is 89.6 Å². The number of benzene rings is 1. The van der Waals surface area contributed by atoms with Crippen molar-refractivity contribution in [2.75, 3.05) is 6.61 Å². The number of nitrogens with zero attached hydrogens (tertiary/aromatic N) is 1. The number of carbonyl (C=O) groups excluding carboxylic acids is 2. The Morgan fingerprint density at radius 1 is 1.04 bits per heavy atom. The van der Waals surface area contributed by atoms with E-state index in [9.17, 15) is 9.59 Å². The van der Waals surface area contributed by atoms with Gasteiger partial charge in [0.1, 0.15) is 12.4 Å². The van der Waals surface area contributed by atoms with Crippen LogP contribution in [0.3, 0.4) is 0 Å². The Morgan fingerprint density at radius 3 is 2.39 bits per heavy atom. The fourth-order valence-corrected chi connectivity index (χ4v) is 1.70. The number of carbonyl (C=O) groups is 2. The fourth-order valence-electron chi connectivity index (χ4n) is 1.70. The Morgan fingerprint density at radius 2 is 1.74 bits per heavy atom. The zero-order chi connectivity index (χ0) is 16.5. The van der Waals surface area contributed by atoms with Gasteiger partial charge in [-0.2, -0.15) is 0 Å². The van der Waals surface area contributed by atoms with E-state index >= 15 is 0 Å². The summed E-state index contributed by atoms with van der Waals surface area (Å²) in [6.45, 7) is 2.32. The van der Waals surface area contributed by atoms with E-state index in [2.05, 4.69) is 20.6 Å². The SMILES string of the molecule is CCOC(=O)NNC(=O)c1ccc(OCc2ccncc2)cc1. The summed E-state index contributed by atoms with van der Waals surface area (Å²) >= 11 is 0. The highest BCUT2D eigenvalue weighted by Gasteiger charge is 2.07. The van der Waals surface area contributed by atoms with Crippen LogP contribution >= 0.6 is 0 Å². The molecule has 2 amide bonds. The van der Waals surface area contributed by atoms with Crippen LogP contribution in [0.25, 0.3) is 0 Å². The number of hydrogen-bond acceptors (Lipinski definition) is 5. The van der Waals surface area contributed by atoms with Gasteiger partial charge in [0.25, 0.3) is 5.91 Å². The Kier molecular flexibility index (Phi) is 5.93. The molecule has 0 unspecified atom stereocenters. The van der Waals surface area contributed by atoms with Gasteiger partial charge >= 0.3 is 6.09 Å². The lowest BCUT2D eigenvalue weighted by Crippen LogP contribution is -2.41. The van der Waals surface area contributed by atoms with E-state index in [-0.39, 0.29) is 6.61 Å². The van der Waals surface area contributed by atoms with E-state index in [1.165, 1.54) is 0 Å². The maximum atomic E-state index is 11.8. The van der Waals surface area contributed by atoms with Gasteiger partial charge in [0.2, 0.25) is 0 Å². The number of hydrazine groups is 1. The third-order valence-corrected chi connectivity index (χ3v) is 2.82. The number of amides is 2. The molecule has 0 atom stereocenters. The van der Waals surface area contributed by atoms with E-state index in [1.807, 2.05) is 12.1 Å². The second-order valence-corrected chi connectivity index (χ2v) is 4.47. The molecule has 0 saturated heterocycles. The third kappa shape index (κ3) is 5.31. The average Bonchev–Trinajstić information content (AvgIpc) is 2.59. The van der Waals surface area contributed by atoms with Crippen molar-refractivity contribution < 1.29 is 19.1 Å². The molecule has 1 aromatic heterocycles. The van der Waals surface area contributed by atoms with E-state index < -0.39 is 12.0 Å². The molecule has 0 fully saturated rings. The third-order valence-electron chi connectivity index (χ3n) is 2.82. The van der Waals surface area contributed by atoms with E-state index in [0.717, 1.165) is 5.56 Å². The van der Waals surface area contributed by atoms with Gasteiger partial charge in [0.15, 0.2) is 0 Å². The lowest BCUT2D eigenvalue weighted by Gasteiger charge is -2.09. The van der Waals surface area contributed by atoms with Crippen LogP contribution < -0.4 is 15.6 Å². The molecule has 0 spiro atoms. The molecule has 0 aliphatic rings. The van der Waals surface area contributed by atoms with Crippen LogP contribution in [-0.2, 0) is 11.3 Å². The number of hydrogen-bond donors (Lipinski definition) is 2. The maximum Gasteiger partial charge on any atom is 0.426 e. The minimum absolute atomic E-state index is 0.227. The molecule has 0 saturated carbocycles. The zero-order valence-corrected chi connectivity index (χ0v) is 12.6. The average molecular weight is 315 g/mol.